The van der Waals surface area contributed by atoms with E-state index < -0.39 is 0 Å². The van der Waals surface area contributed by atoms with E-state index in [1.165, 1.54) is 77.0 Å². The van der Waals surface area contributed by atoms with Gasteiger partial charge in [-0.15, -0.1) is 0 Å². The van der Waals surface area contributed by atoms with Crippen LogP contribution < -0.4 is 0 Å². The van der Waals surface area contributed by atoms with E-state index in [1.807, 2.05) is 0 Å². The largest absolute Gasteiger partial charge is 0.365 e. The van der Waals surface area contributed by atoms with Gasteiger partial charge in [-0.1, -0.05) is 66.7 Å². The van der Waals surface area contributed by atoms with Gasteiger partial charge in [0.15, 0.2) is 0 Å². The molecular weight excluding hydrogens is 340 g/mol. The maximum Gasteiger partial charge on any atom is 0.100 e. The van der Waals surface area contributed by atoms with E-state index in [-0.39, 0.29) is 0 Å². The smallest absolute Gasteiger partial charge is 0.100 e. The standard InChI is InChI=1S/C27H46O/c1-18(2)9-8-10-19(3)21-11-12-22-20-17-24-27(28-24)15-7-6-14-26(27,5)23(20)13-16-25(21,22)4/h18-24H,6-17H2,1-5H3/t19-,20-,21-,22+,23-,24-,25-,26+,27-/m0/s1. The first-order valence-corrected chi connectivity index (χ1v) is 13.0. The second-order valence-corrected chi connectivity index (χ2v) is 12.8. The zero-order valence-electron chi connectivity index (χ0n) is 19.4. The lowest BCUT2D eigenvalue weighted by Gasteiger charge is -2.59. The molecule has 0 radical (unpaired) electrons. The molecule has 5 rings (SSSR count). The first kappa shape index (κ1) is 19.9. The topological polar surface area (TPSA) is 12.5 Å². The summed E-state index contributed by atoms with van der Waals surface area (Å²) in [5.41, 5.74) is 1.45. The second-order valence-electron chi connectivity index (χ2n) is 12.8. The summed E-state index contributed by atoms with van der Waals surface area (Å²) in [5.74, 6) is 5.69. The summed E-state index contributed by atoms with van der Waals surface area (Å²) in [6.45, 7) is 12.8. The van der Waals surface area contributed by atoms with Crippen molar-refractivity contribution >= 4 is 0 Å². The van der Waals surface area contributed by atoms with Gasteiger partial charge in [-0.05, 0) is 85.9 Å². The van der Waals surface area contributed by atoms with Crippen LogP contribution in [0.4, 0.5) is 0 Å². The average molecular weight is 387 g/mol. The van der Waals surface area contributed by atoms with Crippen LogP contribution in [0.3, 0.4) is 0 Å². The molecule has 4 saturated carbocycles. The van der Waals surface area contributed by atoms with Crippen LogP contribution in [0.2, 0.25) is 0 Å². The first-order chi connectivity index (χ1) is 13.3. The lowest BCUT2D eigenvalue weighted by Crippen LogP contribution is -2.57. The van der Waals surface area contributed by atoms with Gasteiger partial charge >= 0.3 is 0 Å². The minimum absolute atomic E-state index is 0.322. The minimum atomic E-state index is 0.322. The van der Waals surface area contributed by atoms with Crippen LogP contribution in [0.1, 0.15) is 112 Å². The van der Waals surface area contributed by atoms with Crippen molar-refractivity contribution in [3.63, 3.8) is 0 Å². The summed E-state index contributed by atoms with van der Waals surface area (Å²) in [5, 5.41) is 0. The molecular formula is C27H46O. The molecule has 1 heteroatoms. The minimum Gasteiger partial charge on any atom is -0.365 e. The number of ether oxygens (including phenoxy) is 1. The predicted octanol–water partition coefficient (Wildman–Crippen LogP) is 7.63. The third kappa shape index (κ3) is 2.66. The molecule has 0 aromatic carbocycles. The Bertz CT molecular complexity index is 597. The van der Waals surface area contributed by atoms with Crippen LogP contribution in [0, 0.1) is 46.3 Å². The first-order valence-electron chi connectivity index (χ1n) is 13.0. The number of rotatable bonds is 5. The summed E-state index contributed by atoms with van der Waals surface area (Å²) in [6, 6.07) is 0. The van der Waals surface area contributed by atoms with Crippen LogP contribution in [0.5, 0.6) is 0 Å². The van der Waals surface area contributed by atoms with Crippen molar-refractivity contribution in [3.05, 3.63) is 0 Å². The molecule has 0 aromatic heterocycles. The second kappa shape index (κ2) is 6.73. The van der Waals surface area contributed by atoms with Crippen LogP contribution in [0.25, 0.3) is 0 Å². The number of epoxide rings is 1. The van der Waals surface area contributed by atoms with E-state index in [0.29, 0.717) is 22.5 Å². The highest BCUT2D eigenvalue weighted by molar-refractivity contribution is 5.23. The molecule has 0 aromatic rings. The molecule has 1 saturated heterocycles. The van der Waals surface area contributed by atoms with Crippen molar-refractivity contribution in [1.82, 2.24) is 0 Å². The van der Waals surface area contributed by atoms with Gasteiger partial charge in [-0.3, -0.25) is 0 Å². The van der Waals surface area contributed by atoms with E-state index in [4.69, 9.17) is 4.74 Å². The number of hydrogen-bond acceptors (Lipinski definition) is 1. The Kier molecular flexibility index (Phi) is 4.78. The lowest BCUT2D eigenvalue weighted by atomic mass is 9.44. The Hall–Kier alpha value is -0.0400. The lowest BCUT2D eigenvalue weighted by molar-refractivity contribution is -0.100. The van der Waals surface area contributed by atoms with Crippen molar-refractivity contribution in [2.45, 2.75) is 123 Å². The molecule has 5 fully saturated rings. The van der Waals surface area contributed by atoms with E-state index in [2.05, 4.69) is 34.6 Å². The summed E-state index contributed by atoms with van der Waals surface area (Å²) in [6.07, 6.45) is 18.1. The van der Waals surface area contributed by atoms with E-state index >= 15 is 0 Å². The molecule has 28 heavy (non-hydrogen) atoms. The third-order valence-electron chi connectivity index (χ3n) is 11.2. The van der Waals surface area contributed by atoms with Crippen molar-refractivity contribution in [3.8, 4) is 0 Å². The molecule has 9 atom stereocenters. The van der Waals surface area contributed by atoms with Gasteiger partial charge in [0.2, 0.25) is 0 Å². The SMILES string of the molecule is CC(C)CCC[C@H](C)[C@@H]1CC[C@@H]2[C@@H]3C[C@@H]4O[C@@]45CCCC[C@]5(C)[C@H]3CC[C@]21C. The van der Waals surface area contributed by atoms with Crippen molar-refractivity contribution in [2.24, 2.45) is 46.3 Å². The molecule has 0 unspecified atom stereocenters. The van der Waals surface area contributed by atoms with Gasteiger partial charge in [0.25, 0.3) is 0 Å². The quantitative estimate of drug-likeness (QED) is 0.442. The van der Waals surface area contributed by atoms with Crippen LogP contribution in [-0.2, 0) is 4.74 Å². The van der Waals surface area contributed by atoms with Gasteiger partial charge in [-0.2, -0.15) is 0 Å². The molecule has 0 N–H and O–H groups in total. The molecule has 160 valence electrons. The normalized spacial score (nSPS) is 53.1. The number of fused-ring (bicyclic) bond motifs is 4. The highest BCUT2D eigenvalue weighted by Gasteiger charge is 2.75. The summed E-state index contributed by atoms with van der Waals surface area (Å²) >= 11 is 0. The van der Waals surface area contributed by atoms with E-state index in [0.717, 1.165) is 35.5 Å². The Balaban J connectivity index is 1.33. The Morgan fingerprint density at radius 1 is 0.893 bits per heavy atom. The highest BCUT2D eigenvalue weighted by atomic mass is 16.6. The molecule has 1 spiro atoms. The van der Waals surface area contributed by atoms with Gasteiger partial charge < -0.3 is 4.74 Å². The molecule has 1 nitrogen and oxygen atoms in total. The highest BCUT2D eigenvalue weighted by Crippen LogP contribution is 2.74. The van der Waals surface area contributed by atoms with Gasteiger partial charge in [0.1, 0.15) is 5.60 Å². The molecule has 0 bridgehead atoms. The summed E-state index contributed by atoms with van der Waals surface area (Å²) in [4.78, 5) is 0. The molecule has 4 aliphatic carbocycles. The summed E-state index contributed by atoms with van der Waals surface area (Å²) in [7, 11) is 0. The Labute approximate surface area is 174 Å². The molecule has 1 aliphatic heterocycles. The molecule has 5 aliphatic rings. The van der Waals surface area contributed by atoms with Crippen molar-refractivity contribution in [2.75, 3.05) is 0 Å². The maximum absolute atomic E-state index is 6.60. The average Bonchev–Trinajstić information content (AvgIpc) is 3.23. The summed E-state index contributed by atoms with van der Waals surface area (Å²) < 4.78 is 6.60. The van der Waals surface area contributed by atoms with Crippen LogP contribution >= 0.6 is 0 Å². The van der Waals surface area contributed by atoms with Crippen LogP contribution in [-0.4, -0.2) is 11.7 Å². The molecule has 1 heterocycles. The van der Waals surface area contributed by atoms with Crippen molar-refractivity contribution in [1.29, 1.82) is 0 Å². The van der Waals surface area contributed by atoms with Crippen LogP contribution in [0.15, 0.2) is 0 Å². The predicted molar refractivity (Wildman–Crippen MR) is 117 cm³/mol. The Morgan fingerprint density at radius 2 is 1.68 bits per heavy atom. The fraction of sp³-hybridized carbons (Fsp3) is 1.00. The van der Waals surface area contributed by atoms with Gasteiger partial charge in [-0.25, -0.2) is 0 Å². The Morgan fingerprint density at radius 3 is 2.46 bits per heavy atom. The van der Waals surface area contributed by atoms with E-state index in [1.54, 1.807) is 0 Å². The number of hydrogen-bond donors (Lipinski definition) is 0. The van der Waals surface area contributed by atoms with Gasteiger partial charge in [0, 0.05) is 5.41 Å². The third-order valence-corrected chi connectivity index (χ3v) is 11.2. The maximum atomic E-state index is 6.60. The zero-order valence-corrected chi connectivity index (χ0v) is 19.4. The van der Waals surface area contributed by atoms with E-state index in [9.17, 15) is 0 Å². The fourth-order valence-corrected chi connectivity index (χ4v) is 9.74. The molecule has 0 amide bonds. The zero-order chi connectivity index (χ0) is 19.7. The monoisotopic (exact) mass is 386 g/mol. The van der Waals surface area contributed by atoms with Crippen molar-refractivity contribution < 1.29 is 4.74 Å². The van der Waals surface area contributed by atoms with Gasteiger partial charge in [0.05, 0.1) is 6.10 Å². The fourth-order valence-electron chi connectivity index (χ4n) is 9.74.